The number of hydrogen-bond acceptors (Lipinski definition) is 8. The zero-order chi connectivity index (χ0) is 36.1. The molecule has 0 N–H and O–H groups in total. The normalized spacial score (nSPS) is 21.1. The number of carbonyl (C=O) groups excluding carboxylic acids is 1. The summed E-state index contributed by atoms with van der Waals surface area (Å²) in [4.78, 5) is 24.6. The van der Waals surface area contributed by atoms with Crippen LogP contribution in [0.25, 0.3) is 0 Å². The molecule has 1 aliphatic heterocycles. The van der Waals surface area contributed by atoms with Crippen LogP contribution >= 0.6 is 0 Å². The van der Waals surface area contributed by atoms with Crippen molar-refractivity contribution in [1.29, 1.82) is 0 Å². The van der Waals surface area contributed by atoms with Gasteiger partial charge in [0, 0.05) is 18.4 Å². The highest BCUT2D eigenvalue weighted by Crippen LogP contribution is 2.42. The van der Waals surface area contributed by atoms with E-state index >= 15 is 0 Å². The summed E-state index contributed by atoms with van der Waals surface area (Å²) in [7, 11) is -1.48. The Morgan fingerprint density at radius 3 is 2.19 bits per heavy atom. The molecule has 1 saturated heterocycles. The van der Waals surface area contributed by atoms with Crippen molar-refractivity contribution in [3.8, 4) is 23.7 Å². The number of benzene rings is 1. The Bertz CT molecular complexity index is 1440. The lowest BCUT2D eigenvalue weighted by Gasteiger charge is -2.49. The molecule has 2 aromatic rings. The summed E-state index contributed by atoms with van der Waals surface area (Å²) in [6.07, 6.45) is 0.987. The molecule has 0 bridgehead atoms. The zero-order valence-corrected chi connectivity index (χ0v) is 33.3. The molecular weight excluding hydrogens is 639 g/mol. The lowest BCUT2D eigenvalue weighted by Crippen LogP contribution is -2.59. The summed E-state index contributed by atoms with van der Waals surface area (Å²) in [5, 5.41) is -0.0890. The topological polar surface area (TPSA) is 92.2 Å². The van der Waals surface area contributed by atoms with Gasteiger partial charge < -0.3 is 23.1 Å². The van der Waals surface area contributed by atoms with Crippen LogP contribution in [0, 0.1) is 17.8 Å². The van der Waals surface area contributed by atoms with Crippen molar-refractivity contribution < 1.29 is 27.9 Å². The second kappa shape index (κ2) is 15.6. The second-order valence-corrected chi connectivity index (χ2v) is 25.1. The van der Waals surface area contributed by atoms with Crippen LogP contribution < -0.4 is 9.47 Å². The highest BCUT2D eigenvalue weighted by molar-refractivity contribution is 6.74. The molecule has 1 fully saturated rings. The number of amides is 1. The van der Waals surface area contributed by atoms with Gasteiger partial charge in [-0.05, 0) is 41.8 Å². The Morgan fingerprint density at radius 2 is 1.65 bits per heavy atom. The molecule has 1 aromatic heterocycles. The molecule has 11 heteroatoms. The van der Waals surface area contributed by atoms with Crippen LogP contribution in [0.2, 0.25) is 36.3 Å². The van der Waals surface area contributed by atoms with E-state index in [1.807, 2.05) is 36.4 Å². The molecule has 0 aliphatic carbocycles. The number of methoxy groups -OCH3 is 2. The zero-order valence-electron chi connectivity index (χ0n) is 31.3. The predicted octanol–water partition coefficient (Wildman–Crippen LogP) is 8.55. The summed E-state index contributed by atoms with van der Waals surface area (Å²) in [5.41, 5.74) is 1.43. The van der Waals surface area contributed by atoms with Crippen LogP contribution in [0.5, 0.6) is 11.9 Å². The SMILES string of the molecule is C=C[C@@H]1[C@@H](C)[C@@H](O[Si](C)(C)C(C)(C)C)C[C@H](C#CC(O[Si](C)(C)C(C)(C)C)c2cc(OC)nc(OC)n2)N1C(=O)OCc1ccccc1. The maximum atomic E-state index is 14.0. The lowest BCUT2D eigenvalue weighted by molar-refractivity contribution is -0.00675. The number of likely N-dealkylation sites (tertiary alicyclic amines) is 1. The highest BCUT2D eigenvalue weighted by atomic mass is 28.4. The third-order valence-electron chi connectivity index (χ3n) is 10.1. The first-order valence-electron chi connectivity index (χ1n) is 16.7. The molecule has 5 atom stereocenters. The van der Waals surface area contributed by atoms with Crippen LogP contribution in [0.1, 0.15) is 72.2 Å². The largest absolute Gasteiger partial charge is 0.481 e. The molecule has 3 rings (SSSR count). The molecule has 1 aliphatic rings. The van der Waals surface area contributed by atoms with E-state index in [1.165, 1.54) is 7.11 Å². The van der Waals surface area contributed by atoms with E-state index in [4.69, 9.17) is 23.1 Å². The first-order valence-corrected chi connectivity index (χ1v) is 22.5. The van der Waals surface area contributed by atoms with E-state index in [1.54, 1.807) is 18.1 Å². The third kappa shape index (κ3) is 9.49. The van der Waals surface area contributed by atoms with Gasteiger partial charge in [-0.25, -0.2) is 4.79 Å². The maximum absolute atomic E-state index is 14.0. The average Bonchev–Trinajstić information content (AvgIpc) is 3.01. The molecule has 0 radical (unpaired) electrons. The summed E-state index contributed by atoms with van der Waals surface area (Å²) >= 11 is 0. The number of carbonyl (C=O) groups is 1. The third-order valence-corrected chi connectivity index (χ3v) is 19.1. The summed E-state index contributed by atoms with van der Waals surface area (Å²) in [6.45, 7) is 28.5. The number of aromatic nitrogens is 2. The standard InChI is InChI=1S/C37H57N3O6Si2/c1-15-30-26(2)32(46-48(13,14)37(6,7)8)23-28(40(30)35(41)44-25-27-19-17-16-18-20-27)21-22-31(45-47(11,12)36(3,4)5)29-24-33(42-9)39-34(38-29)43-10/h15-20,24,26,28,30-32H,1,23,25H2,2-14H3/t26-,28+,30-,31?,32+/m1/s1. The summed E-state index contributed by atoms with van der Waals surface area (Å²) < 4.78 is 30.7. The number of rotatable bonds is 10. The highest BCUT2D eigenvalue weighted by Gasteiger charge is 2.47. The molecule has 9 nitrogen and oxygen atoms in total. The number of nitrogens with zero attached hydrogens (tertiary/aromatic N) is 3. The molecule has 0 saturated carbocycles. The number of ether oxygens (including phenoxy) is 3. The van der Waals surface area contributed by atoms with Crippen molar-refractivity contribution in [2.45, 2.75) is 122 Å². The first-order chi connectivity index (χ1) is 22.2. The van der Waals surface area contributed by atoms with Gasteiger partial charge in [-0.2, -0.15) is 9.97 Å². The molecule has 0 spiro atoms. The van der Waals surface area contributed by atoms with Crippen LogP contribution in [0.15, 0.2) is 49.1 Å². The average molecular weight is 696 g/mol. The van der Waals surface area contributed by atoms with Crippen molar-refractivity contribution in [1.82, 2.24) is 14.9 Å². The monoisotopic (exact) mass is 695 g/mol. The van der Waals surface area contributed by atoms with Gasteiger partial charge in [0.1, 0.15) is 6.61 Å². The fourth-order valence-corrected chi connectivity index (χ4v) is 7.54. The second-order valence-electron chi connectivity index (χ2n) is 15.6. The molecule has 1 aromatic carbocycles. The Hall–Kier alpha value is -3.18. The Kier molecular flexibility index (Phi) is 12.7. The van der Waals surface area contributed by atoms with Crippen molar-refractivity contribution in [3.63, 3.8) is 0 Å². The maximum Gasteiger partial charge on any atom is 0.411 e. The van der Waals surface area contributed by atoms with Gasteiger partial charge in [0.15, 0.2) is 22.7 Å². The fraction of sp³-hybridized carbons (Fsp3) is 0.595. The lowest BCUT2D eigenvalue weighted by atomic mass is 9.84. The van der Waals surface area contributed by atoms with Gasteiger partial charge in [0.05, 0.1) is 38.1 Å². The molecule has 1 amide bonds. The van der Waals surface area contributed by atoms with Crippen molar-refractivity contribution >= 4 is 22.7 Å². The van der Waals surface area contributed by atoms with E-state index < -0.39 is 34.9 Å². The molecule has 2 heterocycles. The van der Waals surface area contributed by atoms with Crippen LogP contribution in [-0.4, -0.2) is 70.0 Å². The van der Waals surface area contributed by atoms with E-state index in [9.17, 15) is 4.79 Å². The molecule has 1 unspecified atom stereocenters. The van der Waals surface area contributed by atoms with Crippen LogP contribution in [0.3, 0.4) is 0 Å². The Labute approximate surface area is 291 Å². The van der Waals surface area contributed by atoms with Gasteiger partial charge in [0.2, 0.25) is 5.88 Å². The smallest absolute Gasteiger partial charge is 0.411 e. The summed E-state index contributed by atoms with van der Waals surface area (Å²) in [5.74, 6) is 7.17. The minimum atomic E-state index is -2.36. The van der Waals surface area contributed by atoms with Gasteiger partial charge in [-0.15, -0.1) is 6.58 Å². The van der Waals surface area contributed by atoms with Crippen LogP contribution in [-0.2, 0) is 20.2 Å². The van der Waals surface area contributed by atoms with Crippen molar-refractivity contribution in [2.24, 2.45) is 5.92 Å². The van der Waals surface area contributed by atoms with E-state index in [-0.39, 0.29) is 40.8 Å². The predicted molar refractivity (Wildman–Crippen MR) is 196 cm³/mol. The van der Waals surface area contributed by atoms with Gasteiger partial charge in [-0.1, -0.05) is 96.7 Å². The molecule has 264 valence electrons. The Morgan fingerprint density at radius 1 is 1.02 bits per heavy atom. The van der Waals surface area contributed by atoms with Gasteiger partial charge >= 0.3 is 12.1 Å². The quantitative estimate of drug-likeness (QED) is 0.139. The Balaban J connectivity index is 2.14. The first kappa shape index (κ1) is 39.3. The van der Waals surface area contributed by atoms with Gasteiger partial charge in [0.25, 0.3) is 0 Å². The minimum Gasteiger partial charge on any atom is -0.481 e. The fourth-order valence-electron chi connectivity index (χ4n) is 5.00. The van der Waals surface area contributed by atoms with E-state index in [2.05, 4.69) is 103 Å². The molecule has 48 heavy (non-hydrogen) atoms. The molecular formula is C37H57N3O6Si2. The van der Waals surface area contributed by atoms with Crippen molar-refractivity contribution in [2.75, 3.05) is 14.2 Å². The summed E-state index contributed by atoms with van der Waals surface area (Å²) in [6, 6.07) is 10.6. The van der Waals surface area contributed by atoms with Crippen molar-refractivity contribution in [3.05, 3.63) is 60.3 Å². The van der Waals surface area contributed by atoms with E-state index in [0.717, 1.165) is 5.56 Å². The number of piperidine rings is 1. The number of hydrogen-bond donors (Lipinski definition) is 0. The van der Waals surface area contributed by atoms with Crippen LogP contribution in [0.4, 0.5) is 4.79 Å². The van der Waals surface area contributed by atoms with E-state index in [0.29, 0.717) is 18.0 Å². The minimum absolute atomic E-state index is 0.0105. The van der Waals surface area contributed by atoms with Gasteiger partial charge in [-0.3, -0.25) is 4.90 Å².